The lowest BCUT2D eigenvalue weighted by molar-refractivity contribution is 0.0696. The minimum Gasteiger partial charge on any atom is -0.478 e. The first kappa shape index (κ1) is 12.0. The van der Waals surface area contributed by atoms with Crippen molar-refractivity contribution in [2.45, 2.75) is 6.92 Å². The van der Waals surface area contributed by atoms with Gasteiger partial charge in [0, 0.05) is 11.1 Å². The highest BCUT2D eigenvalue weighted by atomic mass is 19.1. The number of rotatable bonds is 2. The second-order valence-electron chi connectivity index (χ2n) is 3.74. The largest absolute Gasteiger partial charge is 0.478 e. The van der Waals surface area contributed by atoms with Crippen molar-refractivity contribution < 1.29 is 14.3 Å². The molecule has 0 amide bonds. The number of carboxylic acids is 1. The maximum atomic E-state index is 13.3. The molecule has 0 saturated carbocycles. The van der Waals surface area contributed by atoms with Gasteiger partial charge in [0.25, 0.3) is 5.56 Å². The number of nitrogens with one attached hydrogen (secondary N) is 1. The molecule has 6 heteroatoms. The van der Waals surface area contributed by atoms with Crippen LogP contribution in [-0.4, -0.2) is 21.0 Å². The minimum absolute atomic E-state index is 0.188. The molecular weight excluding hydrogens is 239 g/mol. The van der Waals surface area contributed by atoms with Gasteiger partial charge in [-0.2, -0.15) is 0 Å². The molecule has 0 bridgehead atoms. The summed E-state index contributed by atoms with van der Waals surface area (Å²) in [5.74, 6) is -1.93. The molecule has 92 valence electrons. The number of hydrogen-bond donors (Lipinski definition) is 2. The van der Waals surface area contributed by atoms with Crippen molar-refractivity contribution >= 4 is 5.97 Å². The monoisotopic (exact) mass is 248 g/mol. The van der Waals surface area contributed by atoms with E-state index < -0.39 is 11.8 Å². The lowest BCUT2D eigenvalue weighted by atomic mass is 10.0. The van der Waals surface area contributed by atoms with Gasteiger partial charge in [-0.25, -0.2) is 14.2 Å². The smallest absolute Gasteiger partial charge is 0.335 e. The van der Waals surface area contributed by atoms with Gasteiger partial charge in [0.2, 0.25) is 0 Å². The summed E-state index contributed by atoms with van der Waals surface area (Å²) in [5.41, 5.74) is 0.295. The van der Waals surface area contributed by atoms with E-state index in [1.54, 1.807) is 0 Å². The third-order valence-corrected chi connectivity index (χ3v) is 2.50. The third kappa shape index (κ3) is 2.13. The van der Waals surface area contributed by atoms with E-state index in [-0.39, 0.29) is 22.4 Å². The summed E-state index contributed by atoms with van der Waals surface area (Å²) in [5, 5.41) is 8.85. The standard InChI is InChI=1S/C12H9FN2O3/c1-6-10(14-5-15-11(6)16)7-2-8(12(17)18)4-9(13)3-7/h2-5H,1H3,(H,17,18)(H,14,15,16). The number of carboxylic acid groups (broad SMARTS) is 1. The molecule has 0 radical (unpaired) electrons. The Labute approximate surface area is 101 Å². The quantitative estimate of drug-likeness (QED) is 0.845. The van der Waals surface area contributed by atoms with E-state index in [1.807, 2.05) is 0 Å². The topological polar surface area (TPSA) is 83.0 Å². The van der Waals surface area contributed by atoms with Gasteiger partial charge >= 0.3 is 5.97 Å². The number of halogens is 1. The van der Waals surface area contributed by atoms with E-state index >= 15 is 0 Å². The molecule has 0 fully saturated rings. The molecule has 0 atom stereocenters. The van der Waals surface area contributed by atoms with Crippen LogP contribution in [0, 0.1) is 12.7 Å². The van der Waals surface area contributed by atoms with Gasteiger partial charge < -0.3 is 10.1 Å². The van der Waals surface area contributed by atoms with Crippen molar-refractivity contribution in [1.29, 1.82) is 0 Å². The summed E-state index contributed by atoms with van der Waals surface area (Å²) in [4.78, 5) is 28.6. The average molecular weight is 248 g/mol. The van der Waals surface area contributed by atoms with Crippen molar-refractivity contribution in [3.63, 3.8) is 0 Å². The number of aromatic carboxylic acids is 1. The lowest BCUT2D eigenvalue weighted by Gasteiger charge is -2.05. The van der Waals surface area contributed by atoms with Crippen LogP contribution in [0.4, 0.5) is 4.39 Å². The predicted molar refractivity (Wildman–Crippen MR) is 61.9 cm³/mol. The molecule has 2 rings (SSSR count). The fourth-order valence-corrected chi connectivity index (χ4v) is 1.61. The lowest BCUT2D eigenvalue weighted by Crippen LogP contribution is -2.11. The third-order valence-electron chi connectivity index (χ3n) is 2.50. The number of H-pyrrole nitrogens is 1. The predicted octanol–water partition coefficient (Wildman–Crippen LogP) is 1.58. The van der Waals surface area contributed by atoms with Crippen LogP contribution in [0.2, 0.25) is 0 Å². The first-order valence-corrected chi connectivity index (χ1v) is 5.07. The summed E-state index contributed by atoms with van der Waals surface area (Å²) in [6.45, 7) is 1.53. The number of aromatic amines is 1. The Morgan fingerprint density at radius 2 is 2.11 bits per heavy atom. The van der Waals surface area contributed by atoms with Crippen molar-refractivity contribution in [2.24, 2.45) is 0 Å². The van der Waals surface area contributed by atoms with Gasteiger partial charge in [-0.3, -0.25) is 4.79 Å². The van der Waals surface area contributed by atoms with Gasteiger partial charge in [0.1, 0.15) is 5.82 Å². The van der Waals surface area contributed by atoms with Crippen LogP contribution in [-0.2, 0) is 0 Å². The second kappa shape index (κ2) is 4.40. The zero-order valence-electron chi connectivity index (χ0n) is 9.40. The Bertz CT molecular complexity index is 679. The van der Waals surface area contributed by atoms with E-state index in [4.69, 9.17) is 5.11 Å². The molecule has 2 N–H and O–H groups in total. The van der Waals surface area contributed by atoms with Gasteiger partial charge in [-0.1, -0.05) is 0 Å². The van der Waals surface area contributed by atoms with Crippen molar-refractivity contribution in [1.82, 2.24) is 9.97 Å². The van der Waals surface area contributed by atoms with E-state index in [1.165, 1.54) is 19.3 Å². The van der Waals surface area contributed by atoms with Crippen LogP contribution in [0.3, 0.4) is 0 Å². The Hall–Kier alpha value is -2.50. The molecule has 0 saturated heterocycles. The number of nitrogens with zero attached hydrogens (tertiary/aromatic N) is 1. The van der Waals surface area contributed by atoms with E-state index in [0.717, 1.165) is 12.1 Å². The fourth-order valence-electron chi connectivity index (χ4n) is 1.61. The molecule has 5 nitrogen and oxygen atoms in total. The highest BCUT2D eigenvalue weighted by Crippen LogP contribution is 2.21. The molecule has 0 aliphatic carbocycles. The highest BCUT2D eigenvalue weighted by molar-refractivity contribution is 5.89. The number of carbonyl (C=O) groups is 1. The summed E-state index contributed by atoms with van der Waals surface area (Å²) in [6.07, 6.45) is 1.19. The molecule has 1 heterocycles. The van der Waals surface area contributed by atoms with Gasteiger partial charge in [-0.05, 0) is 25.1 Å². The molecule has 0 aliphatic rings. The summed E-state index contributed by atoms with van der Waals surface area (Å²) >= 11 is 0. The van der Waals surface area contributed by atoms with E-state index in [2.05, 4.69) is 9.97 Å². The van der Waals surface area contributed by atoms with Crippen LogP contribution in [0.5, 0.6) is 0 Å². The molecule has 2 aromatic rings. The molecule has 1 aromatic carbocycles. The maximum Gasteiger partial charge on any atom is 0.335 e. The van der Waals surface area contributed by atoms with Gasteiger partial charge in [0.05, 0.1) is 17.6 Å². The second-order valence-corrected chi connectivity index (χ2v) is 3.74. The number of aromatic nitrogens is 2. The van der Waals surface area contributed by atoms with Crippen LogP contribution >= 0.6 is 0 Å². The molecular formula is C12H9FN2O3. The highest BCUT2D eigenvalue weighted by Gasteiger charge is 2.12. The number of hydrogen-bond acceptors (Lipinski definition) is 3. The number of benzene rings is 1. The molecule has 18 heavy (non-hydrogen) atoms. The van der Waals surface area contributed by atoms with Crippen LogP contribution in [0.25, 0.3) is 11.3 Å². The molecule has 0 unspecified atom stereocenters. The van der Waals surface area contributed by atoms with Crippen molar-refractivity contribution in [3.05, 3.63) is 51.8 Å². The maximum absolute atomic E-state index is 13.3. The van der Waals surface area contributed by atoms with Gasteiger partial charge in [0.15, 0.2) is 0 Å². The van der Waals surface area contributed by atoms with Gasteiger partial charge in [-0.15, -0.1) is 0 Å². The molecule has 0 spiro atoms. The van der Waals surface area contributed by atoms with Crippen molar-refractivity contribution in [3.8, 4) is 11.3 Å². The Morgan fingerprint density at radius 1 is 1.39 bits per heavy atom. The Balaban J connectivity index is 2.68. The van der Waals surface area contributed by atoms with Crippen LogP contribution in [0.1, 0.15) is 15.9 Å². The molecule has 1 aromatic heterocycles. The normalized spacial score (nSPS) is 10.3. The first-order valence-electron chi connectivity index (χ1n) is 5.07. The minimum atomic E-state index is -1.24. The Kier molecular flexibility index (Phi) is 2.93. The average Bonchev–Trinajstić information content (AvgIpc) is 2.31. The first-order chi connectivity index (χ1) is 8.49. The van der Waals surface area contributed by atoms with E-state index in [9.17, 15) is 14.0 Å². The summed E-state index contributed by atoms with van der Waals surface area (Å²) in [7, 11) is 0. The fraction of sp³-hybridized carbons (Fsp3) is 0.0833. The summed E-state index contributed by atoms with van der Waals surface area (Å²) in [6, 6.07) is 3.33. The summed E-state index contributed by atoms with van der Waals surface area (Å²) < 4.78 is 13.3. The zero-order chi connectivity index (χ0) is 13.3. The van der Waals surface area contributed by atoms with Crippen LogP contribution in [0.15, 0.2) is 29.3 Å². The molecule has 0 aliphatic heterocycles. The SMILES string of the molecule is Cc1c(-c2cc(F)cc(C(=O)O)c2)nc[nH]c1=O. The van der Waals surface area contributed by atoms with Crippen LogP contribution < -0.4 is 5.56 Å². The van der Waals surface area contributed by atoms with Crippen molar-refractivity contribution in [2.75, 3.05) is 0 Å². The zero-order valence-corrected chi connectivity index (χ0v) is 9.40. The Morgan fingerprint density at radius 3 is 2.78 bits per heavy atom. The van der Waals surface area contributed by atoms with E-state index in [0.29, 0.717) is 5.56 Å².